The first-order chi connectivity index (χ1) is 11.2. The molecule has 2 aromatic carbocycles. The van der Waals surface area contributed by atoms with Gasteiger partial charge in [-0.1, -0.05) is 42.5 Å². The zero-order valence-corrected chi connectivity index (χ0v) is 12.6. The Morgan fingerprint density at radius 1 is 1.00 bits per heavy atom. The first-order valence-electron chi connectivity index (χ1n) is 7.16. The SMILES string of the molecule is Cc1nc(N/N=C\c2ccc(F)cc2)cc(-c2ccccc2)n1. The van der Waals surface area contributed by atoms with Gasteiger partial charge in [-0.3, -0.25) is 5.43 Å². The molecule has 0 saturated carbocycles. The van der Waals surface area contributed by atoms with Crippen molar-refractivity contribution in [2.45, 2.75) is 6.92 Å². The van der Waals surface area contributed by atoms with Crippen LogP contribution in [0.1, 0.15) is 11.4 Å². The smallest absolute Gasteiger partial charge is 0.150 e. The molecule has 4 nitrogen and oxygen atoms in total. The Morgan fingerprint density at radius 2 is 1.74 bits per heavy atom. The van der Waals surface area contributed by atoms with Crippen molar-refractivity contribution in [1.29, 1.82) is 0 Å². The van der Waals surface area contributed by atoms with Gasteiger partial charge in [0, 0.05) is 11.6 Å². The predicted octanol–water partition coefficient (Wildman–Crippen LogP) is 4.04. The second kappa shape index (κ2) is 6.79. The van der Waals surface area contributed by atoms with Gasteiger partial charge >= 0.3 is 0 Å². The molecule has 0 fully saturated rings. The maximum Gasteiger partial charge on any atom is 0.150 e. The van der Waals surface area contributed by atoms with Gasteiger partial charge in [0.15, 0.2) is 0 Å². The Bertz CT molecular complexity index is 814. The van der Waals surface area contributed by atoms with Crippen LogP contribution in [0.5, 0.6) is 0 Å². The van der Waals surface area contributed by atoms with Crippen LogP contribution in [-0.4, -0.2) is 16.2 Å². The Balaban J connectivity index is 1.78. The third kappa shape index (κ3) is 3.97. The highest BCUT2D eigenvalue weighted by Gasteiger charge is 2.03. The summed E-state index contributed by atoms with van der Waals surface area (Å²) in [6, 6.07) is 17.8. The molecule has 1 heterocycles. The summed E-state index contributed by atoms with van der Waals surface area (Å²) in [5.41, 5.74) is 5.53. The van der Waals surface area contributed by atoms with Crippen molar-refractivity contribution in [3.63, 3.8) is 0 Å². The van der Waals surface area contributed by atoms with Gasteiger partial charge in [-0.2, -0.15) is 5.10 Å². The molecule has 0 unspecified atom stereocenters. The van der Waals surface area contributed by atoms with Crippen molar-refractivity contribution >= 4 is 12.0 Å². The minimum absolute atomic E-state index is 0.269. The molecular formula is C18H15FN4. The molecule has 3 aromatic rings. The zero-order chi connectivity index (χ0) is 16.1. The molecule has 5 heteroatoms. The number of aryl methyl sites for hydroxylation is 1. The van der Waals surface area contributed by atoms with Crippen LogP contribution in [0.15, 0.2) is 65.8 Å². The third-order valence-electron chi connectivity index (χ3n) is 3.17. The number of nitrogens with zero attached hydrogens (tertiary/aromatic N) is 3. The second-order valence-electron chi connectivity index (χ2n) is 4.97. The van der Waals surface area contributed by atoms with E-state index in [1.54, 1.807) is 18.3 Å². The fourth-order valence-corrected chi connectivity index (χ4v) is 2.10. The van der Waals surface area contributed by atoms with Crippen molar-refractivity contribution in [1.82, 2.24) is 9.97 Å². The molecule has 1 N–H and O–H groups in total. The van der Waals surface area contributed by atoms with Crippen molar-refractivity contribution in [2.75, 3.05) is 5.43 Å². The summed E-state index contributed by atoms with van der Waals surface area (Å²) < 4.78 is 12.8. The monoisotopic (exact) mass is 306 g/mol. The molecule has 0 aliphatic rings. The van der Waals surface area contributed by atoms with Gasteiger partial charge in [-0.15, -0.1) is 0 Å². The average Bonchev–Trinajstić information content (AvgIpc) is 2.57. The summed E-state index contributed by atoms with van der Waals surface area (Å²) >= 11 is 0. The van der Waals surface area contributed by atoms with Gasteiger partial charge < -0.3 is 0 Å². The minimum atomic E-state index is -0.269. The number of hydrazone groups is 1. The molecule has 0 aliphatic carbocycles. The number of halogens is 1. The maximum atomic E-state index is 12.8. The van der Waals surface area contributed by atoms with E-state index in [-0.39, 0.29) is 5.82 Å². The van der Waals surface area contributed by atoms with Gasteiger partial charge in [0.1, 0.15) is 17.5 Å². The summed E-state index contributed by atoms with van der Waals surface area (Å²) in [4.78, 5) is 8.74. The van der Waals surface area contributed by atoms with E-state index in [1.807, 2.05) is 43.3 Å². The van der Waals surface area contributed by atoms with E-state index in [9.17, 15) is 4.39 Å². The lowest BCUT2D eigenvalue weighted by Crippen LogP contribution is -1.98. The molecule has 0 radical (unpaired) electrons. The van der Waals surface area contributed by atoms with Crippen LogP contribution in [0.3, 0.4) is 0 Å². The largest absolute Gasteiger partial charge is 0.261 e. The highest BCUT2D eigenvalue weighted by atomic mass is 19.1. The summed E-state index contributed by atoms with van der Waals surface area (Å²) in [6.45, 7) is 1.83. The highest BCUT2D eigenvalue weighted by Crippen LogP contribution is 2.19. The van der Waals surface area contributed by atoms with Crippen LogP contribution in [0.4, 0.5) is 10.2 Å². The maximum absolute atomic E-state index is 12.8. The van der Waals surface area contributed by atoms with Gasteiger partial charge in [0.05, 0.1) is 11.9 Å². The van der Waals surface area contributed by atoms with Crippen LogP contribution < -0.4 is 5.43 Å². The van der Waals surface area contributed by atoms with Gasteiger partial charge in [-0.05, 0) is 24.6 Å². The number of nitrogens with one attached hydrogen (secondary N) is 1. The third-order valence-corrected chi connectivity index (χ3v) is 3.17. The van der Waals surface area contributed by atoms with Crippen LogP contribution in [-0.2, 0) is 0 Å². The first-order valence-corrected chi connectivity index (χ1v) is 7.16. The van der Waals surface area contributed by atoms with Crippen LogP contribution in [0.25, 0.3) is 11.3 Å². The molecule has 0 atom stereocenters. The lowest BCUT2D eigenvalue weighted by atomic mass is 10.1. The molecule has 114 valence electrons. The molecule has 23 heavy (non-hydrogen) atoms. The molecule has 1 aromatic heterocycles. The van der Waals surface area contributed by atoms with E-state index in [2.05, 4.69) is 20.5 Å². The van der Waals surface area contributed by atoms with E-state index in [0.717, 1.165) is 16.8 Å². The molecule has 0 saturated heterocycles. The fraction of sp³-hybridized carbons (Fsp3) is 0.0556. The van der Waals surface area contributed by atoms with Crippen molar-refractivity contribution in [2.24, 2.45) is 5.10 Å². The zero-order valence-electron chi connectivity index (χ0n) is 12.6. The Kier molecular flexibility index (Phi) is 4.38. The molecule has 0 bridgehead atoms. The summed E-state index contributed by atoms with van der Waals surface area (Å²) in [5, 5.41) is 4.13. The van der Waals surface area contributed by atoms with E-state index < -0.39 is 0 Å². The Morgan fingerprint density at radius 3 is 2.48 bits per heavy atom. The van der Waals surface area contributed by atoms with Crippen LogP contribution in [0.2, 0.25) is 0 Å². The topological polar surface area (TPSA) is 50.2 Å². The van der Waals surface area contributed by atoms with Gasteiger partial charge in [0.25, 0.3) is 0 Å². The molecule has 0 spiro atoms. The number of rotatable bonds is 4. The first kappa shape index (κ1) is 14.8. The summed E-state index contributed by atoms with van der Waals surface area (Å²) in [5.74, 6) is 0.995. The fourth-order valence-electron chi connectivity index (χ4n) is 2.10. The lowest BCUT2D eigenvalue weighted by molar-refractivity contribution is 0.628. The molecular weight excluding hydrogens is 291 g/mol. The van der Waals surface area contributed by atoms with Crippen LogP contribution >= 0.6 is 0 Å². The van der Waals surface area contributed by atoms with E-state index >= 15 is 0 Å². The average molecular weight is 306 g/mol. The van der Waals surface area contributed by atoms with Crippen molar-refractivity contribution < 1.29 is 4.39 Å². The lowest BCUT2D eigenvalue weighted by Gasteiger charge is -2.05. The van der Waals surface area contributed by atoms with Gasteiger partial charge in [-0.25, -0.2) is 14.4 Å². The molecule has 0 aliphatic heterocycles. The normalized spacial score (nSPS) is 10.9. The van der Waals surface area contributed by atoms with Crippen LogP contribution in [0, 0.1) is 12.7 Å². The summed E-state index contributed by atoms with van der Waals surface area (Å²) in [6.07, 6.45) is 1.61. The van der Waals surface area contributed by atoms with Crippen molar-refractivity contribution in [3.05, 3.63) is 77.9 Å². The number of hydrogen-bond donors (Lipinski definition) is 1. The second-order valence-corrected chi connectivity index (χ2v) is 4.97. The molecule has 0 amide bonds. The van der Waals surface area contributed by atoms with E-state index in [1.165, 1.54) is 12.1 Å². The number of benzene rings is 2. The number of aromatic nitrogens is 2. The summed E-state index contributed by atoms with van der Waals surface area (Å²) in [7, 11) is 0. The van der Waals surface area contributed by atoms with E-state index in [4.69, 9.17) is 0 Å². The Labute approximate surface area is 133 Å². The predicted molar refractivity (Wildman–Crippen MR) is 89.8 cm³/mol. The highest BCUT2D eigenvalue weighted by molar-refractivity contribution is 5.80. The standard InChI is InChI=1S/C18H15FN4/c1-13-21-17(15-5-3-2-4-6-15)11-18(22-13)23-20-12-14-7-9-16(19)10-8-14/h2-12H,1H3,(H,21,22,23)/b20-12-. The number of anilines is 1. The van der Waals surface area contributed by atoms with Gasteiger partial charge in [0.2, 0.25) is 0 Å². The quantitative estimate of drug-likeness (QED) is 0.584. The minimum Gasteiger partial charge on any atom is -0.261 e. The van der Waals surface area contributed by atoms with E-state index in [0.29, 0.717) is 11.6 Å². The molecule has 3 rings (SSSR count). The Hall–Kier alpha value is -3.08. The van der Waals surface area contributed by atoms with Crippen molar-refractivity contribution in [3.8, 4) is 11.3 Å². The number of hydrogen-bond acceptors (Lipinski definition) is 4.